The van der Waals surface area contributed by atoms with Crippen LogP contribution in [-0.4, -0.2) is 22.6 Å². The van der Waals surface area contributed by atoms with Crippen LogP contribution in [0.1, 0.15) is 0 Å². The van der Waals surface area contributed by atoms with Crippen LogP contribution in [0.25, 0.3) is 0 Å². The van der Waals surface area contributed by atoms with Crippen molar-refractivity contribution >= 4 is 27.5 Å². The van der Waals surface area contributed by atoms with Crippen LogP contribution in [0.3, 0.4) is 0 Å². The summed E-state index contributed by atoms with van der Waals surface area (Å²) < 4.78 is 30.9. The van der Waals surface area contributed by atoms with Gasteiger partial charge in [0.15, 0.2) is 0 Å². The molecule has 0 fully saturated rings. The Morgan fingerprint density at radius 3 is 2.24 bits per heavy atom. The number of benzene rings is 2. The highest BCUT2D eigenvalue weighted by molar-refractivity contribution is 7.99. The highest BCUT2D eigenvalue weighted by atomic mass is 32.2. The first-order valence-electron chi connectivity index (χ1n) is 6.11. The summed E-state index contributed by atoms with van der Waals surface area (Å²) in [5.41, 5.74) is 6.05. The molecule has 0 heterocycles. The van der Waals surface area contributed by atoms with Gasteiger partial charge in [-0.1, -0.05) is 11.8 Å². The first kappa shape index (κ1) is 15.7. The predicted octanol–water partition coefficient (Wildman–Crippen LogP) is 2.34. The third kappa shape index (κ3) is 3.69. The average Bonchev–Trinajstić information content (AvgIpc) is 2.48. The van der Waals surface area contributed by atoms with E-state index in [-0.39, 0.29) is 10.6 Å². The molecule has 0 aromatic heterocycles. The molecule has 2 rings (SSSR count). The van der Waals surface area contributed by atoms with Crippen LogP contribution in [0.4, 0.5) is 5.69 Å². The molecular formula is C14H16N2O3S2. The SMILES string of the molecule is CNS(=O)(=O)c1ccc(Sc2ccc(OC)cc2)cc1N. The molecule has 0 aliphatic carbocycles. The van der Waals surface area contributed by atoms with Crippen molar-refractivity contribution in [1.29, 1.82) is 0 Å². The minimum Gasteiger partial charge on any atom is -0.497 e. The zero-order valence-electron chi connectivity index (χ0n) is 11.7. The van der Waals surface area contributed by atoms with Crippen molar-refractivity contribution in [3.63, 3.8) is 0 Å². The van der Waals surface area contributed by atoms with Gasteiger partial charge in [0.05, 0.1) is 12.8 Å². The van der Waals surface area contributed by atoms with E-state index in [1.165, 1.54) is 24.9 Å². The zero-order valence-corrected chi connectivity index (χ0v) is 13.3. The molecule has 7 heteroatoms. The number of hydrogen-bond acceptors (Lipinski definition) is 5. The number of sulfonamides is 1. The second kappa shape index (κ2) is 6.38. The molecule has 0 saturated carbocycles. The minimum atomic E-state index is -3.53. The van der Waals surface area contributed by atoms with Gasteiger partial charge in [-0.15, -0.1) is 0 Å². The number of ether oxygens (including phenoxy) is 1. The third-order valence-electron chi connectivity index (χ3n) is 2.83. The fourth-order valence-corrected chi connectivity index (χ4v) is 3.43. The maximum atomic E-state index is 11.8. The van der Waals surface area contributed by atoms with Crippen LogP contribution in [0, 0.1) is 0 Å². The van der Waals surface area contributed by atoms with Gasteiger partial charge in [-0.25, -0.2) is 13.1 Å². The van der Waals surface area contributed by atoms with Crippen molar-refractivity contribution in [2.75, 3.05) is 19.9 Å². The molecule has 112 valence electrons. The lowest BCUT2D eigenvalue weighted by molar-refractivity contribution is 0.414. The van der Waals surface area contributed by atoms with Crippen molar-refractivity contribution in [2.45, 2.75) is 14.7 Å². The van der Waals surface area contributed by atoms with Gasteiger partial charge in [-0.3, -0.25) is 0 Å². The van der Waals surface area contributed by atoms with Gasteiger partial charge in [0.2, 0.25) is 10.0 Å². The largest absolute Gasteiger partial charge is 0.497 e. The molecule has 0 atom stereocenters. The Kier molecular flexibility index (Phi) is 4.76. The summed E-state index contributed by atoms with van der Waals surface area (Å²) >= 11 is 1.50. The topological polar surface area (TPSA) is 81.4 Å². The summed E-state index contributed by atoms with van der Waals surface area (Å²) in [6.45, 7) is 0. The van der Waals surface area contributed by atoms with Crippen molar-refractivity contribution in [1.82, 2.24) is 4.72 Å². The first-order valence-corrected chi connectivity index (χ1v) is 8.41. The summed E-state index contributed by atoms with van der Waals surface area (Å²) in [5, 5.41) is 0. The normalized spacial score (nSPS) is 11.3. The minimum absolute atomic E-state index is 0.0871. The van der Waals surface area contributed by atoms with Crippen molar-refractivity contribution in [3.05, 3.63) is 42.5 Å². The van der Waals surface area contributed by atoms with Gasteiger partial charge in [0, 0.05) is 9.79 Å². The van der Waals surface area contributed by atoms with Crippen LogP contribution in [0.5, 0.6) is 5.75 Å². The van der Waals surface area contributed by atoms with Gasteiger partial charge in [0.25, 0.3) is 0 Å². The second-order valence-corrected chi connectivity index (χ2v) is 7.19. The van der Waals surface area contributed by atoms with E-state index in [1.54, 1.807) is 19.2 Å². The van der Waals surface area contributed by atoms with E-state index in [0.717, 1.165) is 15.5 Å². The lowest BCUT2D eigenvalue weighted by Gasteiger charge is -2.08. The van der Waals surface area contributed by atoms with Gasteiger partial charge < -0.3 is 10.5 Å². The van der Waals surface area contributed by atoms with Gasteiger partial charge in [0.1, 0.15) is 10.6 Å². The monoisotopic (exact) mass is 324 g/mol. The Balaban J connectivity index is 2.24. The summed E-state index contributed by atoms with van der Waals surface area (Å²) in [5.74, 6) is 0.786. The van der Waals surface area contributed by atoms with Gasteiger partial charge >= 0.3 is 0 Å². The van der Waals surface area contributed by atoms with Crippen molar-refractivity contribution in [3.8, 4) is 5.75 Å². The number of methoxy groups -OCH3 is 1. The van der Waals surface area contributed by atoms with Crippen LogP contribution >= 0.6 is 11.8 Å². The molecule has 0 saturated heterocycles. The molecule has 21 heavy (non-hydrogen) atoms. The van der Waals surface area contributed by atoms with Gasteiger partial charge in [-0.2, -0.15) is 0 Å². The fraction of sp³-hybridized carbons (Fsp3) is 0.143. The molecule has 2 aromatic rings. The van der Waals surface area contributed by atoms with Crippen LogP contribution in [0.2, 0.25) is 0 Å². The van der Waals surface area contributed by atoms with Crippen molar-refractivity contribution < 1.29 is 13.2 Å². The molecule has 0 bridgehead atoms. The molecule has 0 unspecified atom stereocenters. The Bertz CT molecular complexity index is 728. The number of nitrogens with one attached hydrogen (secondary N) is 1. The zero-order chi connectivity index (χ0) is 15.5. The Labute approximate surface area is 128 Å². The standard InChI is InChI=1S/C14H16N2O3S2/c1-16-21(17,18)14-8-7-12(9-13(14)15)20-11-5-3-10(19-2)4-6-11/h3-9,16H,15H2,1-2H3. The van der Waals surface area contributed by atoms with E-state index < -0.39 is 10.0 Å². The maximum absolute atomic E-state index is 11.8. The van der Waals surface area contributed by atoms with Crippen LogP contribution in [-0.2, 0) is 10.0 Å². The summed E-state index contributed by atoms with van der Waals surface area (Å²) in [6, 6.07) is 12.5. The van der Waals surface area contributed by atoms with E-state index in [9.17, 15) is 8.42 Å². The van der Waals surface area contributed by atoms with E-state index in [0.29, 0.717) is 0 Å². The number of anilines is 1. The number of nitrogens with two attached hydrogens (primary N) is 1. The second-order valence-electron chi connectivity index (χ2n) is 4.18. The molecule has 5 nitrogen and oxygen atoms in total. The van der Waals surface area contributed by atoms with Crippen LogP contribution in [0.15, 0.2) is 57.2 Å². The van der Waals surface area contributed by atoms with E-state index in [2.05, 4.69) is 4.72 Å². The molecule has 3 N–H and O–H groups in total. The smallest absolute Gasteiger partial charge is 0.242 e. The number of rotatable bonds is 5. The van der Waals surface area contributed by atoms with Crippen LogP contribution < -0.4 is 15.2 Å². The summed E-state index contributed by atoms with van der Waals surface area (Å²) in [4.78, 5) is 1.97. The average molecular weight is 324 g/mol. The molecule has 0 radical (unpaired) electrons. The maximum Gasteiger partial charge on any atom is 0.242 e. The summed E-state index contributed by atoms with van der Waals surface area (Å²) in [6.07, 6.45) is 0. The van der Waals surface area contributed by atoms with E-state index >= 15 is 0 Å². The lowest BCUT2D eigenvalue weighted by atomic mass is 10.3. The molecule has 0 spiro atoms. The Hall–Kier alpha value is -1.70. The van der Waals surface area contributed by atoms with Crippen molar-refractivity contribution in [2.24, 2.45) is 0 Å². The fourth-order valence-electron chi connectivity index (χ4n) is 1.72. The van der Waals surface area contributed by atoms with E-state index in [4.69, 9.17) is 10.5 Å². The molecule has 0 aliphatic rings. The van der Waals surface area contributed by atoms with E-state index in [1.807, 2.05) is 24.3 Å². The molecule has 2 aromatic carbocycles. The quantitative estimate of drug-likeness (QED) is 0.825. The highest BCUT2D eigenvalue weighted by Gasteiger charge is 2.15. The first-order chi connectivity index (χ1) is 9.96. The molecule has 0 amide bonds. The Morgan fingerprint density at radius 2 is 1.71 bits per heavy atom. The number of nitrogen functional groups attached to an aromatic ring is 1. The molecule has 0 aliphatic heterocycles. The molecular weight excluding hydrogens is 308 g/mol. The third-order valence-corrected chi connectivity index (χ3v) is 5.32. The van der Waals surface area contributed by atoms with Gasteiger partial charge in [-0.05, 0) is 49.5 Å². The lowest BCUT2D eigenvalue weighted by Crippen LogP contribution is -2.19. The Morgan fingerprint density at radius 1 is 1.10 bits per heavy atom. The number of hydrogen-bond donors (Lipinski definition) is 2. The summed E-state index contributed by atoms with van der Waals surface area (Å²) in [7, 11) is -0.557. The predicted molar refractivity (Wildman–Crippen MR) is 84.2 cm³/mol. The highest BCUT2D eigenvalue weighted by Crippen LogP contribution is 2.32.